The van der Waals surface area contributed by atoms with Crippen molar-refractivity contribution in [1.29, 1.82) is 0 Å². The van der Waals surface area contributed by atoms with E-state index in [2.05, 4.69) is 22.1 Å². The molecule has 0 saturated carbocycles. The average molecular weight is 337 g/mol. The zero-order valence-corrected chi connectivity index (χ0v) is 14.2. The Kier molecular flexibility index (Phi) is 4.57. The Morgan fingerprint density at radius 1 is 1.26 bits per heavy atom. The number of pyridine rings is 1. The Morgan fingerprint density at radius 3 is 2.57 bits per heavy atom. The van der Waals surface area contributed by atoms with E-state index < -0.39 is 9.84 Å². The summed E-state index contributed by atoms with van der Waals surface area (Å²) >= 11 is 0. The first-order valence-electron chi connectivity index (χ1n) is 8.15. The van der Waals surface area contributed by atoms with E-state index in [4.69, 9.17) is 0 Å². The van der Waals surface area contributed by atoms with Gasteiger partial charge in [-0.15, -0.1) is 0 Å². The molecule has 0 bridgehead atoms. The molecule has 6 nitrogen and oxygen atoms in total. The van der Waals surface area contributed by atoms with Crippen molar-refractivity contribution in [3.63, 3.8) is 0 Å². The van der Waals surface area contributed by atoms with Crippen LogP contribution in [0.3, 0.4) is 0 Å². The first-order valence-corrected chi connectivity index (χ1v) is 9.97. The zero-order chi connectivity index (χ0) is 16.4. The highest BCUT2D eigenvalue weighted by molar-refractivity contribution is 7.91. The maximum absolute atomic E-state index is 12.2. The van der Waals surface area contributed by atoms with Gasteiger partial charge in [-0.3, -0.25) is 4.79 Å². The van der Waals surface area contributed by atoms with Gasteiger partial charge in [0.2, 0.25) is 0 Å². The number of amides is 1. The van der Waals surface area contributed by atoms with Crippen LogP contribution < -0.4 is 10.2 Å². The number of hydrogen-bond donors (Lipinski definition) is 1. The minimum absolute atomic E-state index is 0.0305. The standard InChI is InChI=1S/C16H23N3O3S/c1-12-4-7-19(8-5-12)14-2-3-15(17-10-14)16(20)18-13-6-9-23(21,22)11-13/h2-3,10,12-13H,4-9,11H2,1H3,(H,18,20). The van der Waals surface area contributed by atoms with Gasteiger partial charge < -0.3 is 10.2 Å². The lowest BCUT2D eigenvalue weighted by molar-refractivity contribution is 0.0936. The normalized spacial score (nSPS) is 24.6. The first-order chi connectivity index (χ1) is 10.9. The first kappa shape index (κ1) is 16.2. The number of carbonyl (C=O) groups excluding carboxylic acids is 1. The smallest absolute Gasteiger partial charge is 0.270 e. The molecule has 1 aromatic heterocycles. The molecule has 2 aliphatic rings. The van der Waals surface area contributed by atoms with Gasteiger partial charge in [0.15, 0.2) is 9.84 Å². The molecule has 1 amide bonds. The van der Waals surface area contributed by atoms with E-state index in [9.17, 15) is 13.2 Å². The molecule has 3 heterocycles. The summed E-state index contributed by atoms with van der Waals surface area (Å²) < 4.78 is 22.9. The van der Waals surface area contributed by atoms with Crippen molar-refractivity contribution in [2.24, 2.45) is 5.92 Å². The third-order valence-corrected chi connectivity index (χ3v) is 6.46. The summed E-state index contributed by atoms with van der Waals surface area (Å²) in [5.41, 5.74) is 1.38. The average Bonchev–Trinajstić information content (AvgIpc) is 2.87. The second kappa shape index (κ2) is 6.47. The van der Waals surface area contributed by atoms with E-state index in [1.54, 1.807) is 12.3 Å². The molecule has 126 valence electrons. The number of rotatable bonds is 3. The molecule has 2 saturated heterocycles. The predicted molar refractivity (Wildman–Crippen MR) is 89.4 cm³/mol. The number of nitrogens with zero attached hydrogens (tertiary/aromatic N) is 2. The van der Waals surface area contributed by atoms with Crippen molar-refractivity contribution in [3.8, 4) is 0 Å². The van der Waals surface area contributed by atoms with E-state index in [0.717, 1.165) is 24.7 Å². The Bertz CT molecular complexity index is 664. The van der Waals surface area contributed by atoms with Crippen LogP contribution in [0.5, 0.6) is 0 Å². The summed E-state index contributed by atoms with van der Waals surface area (Å²) in [7, 11) is -2.99. The second-order valence-corrected chi connectivity index (χ2v) is 8.87. The van der Waals surface area contributed by atoms with Gasteiger partial charge in [-0.05, 0) is 37.3 Å². The fourth-order valence-corrected chi connectivity index (χ4v) is 4.82. The fraction of sp³-hybridized carbons (Fsp3) is 0.625. The molecule has 0 radical (unpaired) electrons. The Hall–Kier alpha value is -1.63. The van der Waals surface area contributed by atoms with Crippen LogP contribution in [-0.4, -0.2) is 49.9 Å². The van der Waals surface area contributed by atoms with E-state index in [1.165, 1.54) is 12.8 Å². The van der Waals surface area contributed by atoms with E-state index in [1.807, 2.05) is 6.07 Å². The van der Waals surface area contributed by atoms with Gasteiger partial charge in [0.25, 0.3) is 5.91 Å². The van der Waals surface area contributed by atoms with Gasteiger partial charge in [-0.25, -0.2) is 13.4 Å². The highest BCUT2D eigenvalue weighted by atomic mass is 32.2. The van der Waals surface area contributed by atoms with Crippen molar-refractivity contribution in [2.45, 2.75) is 32.2 Å². The van der Waals surface area contributed by atoms with Gasteiger partial charge >= 0.3 is 0 Å². The Balaban J connectivity index is 1.59. The molecule has 1 aromatic rings. The maximum atomic E-state index is 12.2. The molecule has 0 aromatic carbocycles. The van der Waals surface area contributed by atoms with E-state index in [-0.39, 0.29) is 23.5 Å². The SMILES string of the molecule is CC1CCN(c2ccc(C(=O)NC3CCS(=O)(=O)C3)nc2)CC1. The van der Waals surface area contributed by atoms with Crippen molar-refractivity contribution in [2.75, 3.05) is 29.5 Å². The number of sulfone groups is 1. The largest absolute Gasteiger partial charge is 0.370 e. The molecule has 1 unspecified atom stereocenters. The topological polar surface area (TPSA) is 79.4 Å². The fourth-order valence-electron chi connectivity index (χ4n) is 3.14. The van der Waals surface area contributed by atoms with Gasteiger partial charge in [0, 0.05) is 19.1 Å². The quantitative estimate of drug-likeness (QED) is 0.897. The van der Waals surface area contributed by atoms with Gasteiger partial charge in [0.05, 0.1) is 23.4 Å². The number of anilines is 1. The summed E-state index contributed by atoms with van der Waals surface area (Å²) in [5, 5.41) is 2.76. The highest BCUT2D eigenvalue weighted by Crippen LogP contribution is 2.22. The molecule has 7 heteroatoms. The molecule has 3 rings (SSSR count). The minimum atomic E-state index is -2.99. The van der Waals surface area contributed by atoms with Crippen LogP contribution in [0.25, 0.3) is 0 Å². The summed E-state index contributed by atoms with van der Waals surface area (Å²) in [6.45, 7) is 4.31. The van der Waals surface area contributed by atoms with Gasteiger partial charge in [-0.1, -0.05) is 6.92 Å². The van der Waals surface area contributed by atoms with Crippen LogP contribution in [0.2, 0.25) is 0 Å². The van der Waals surface area contributed by atoms with Crippen molar-refractivity contribution < 1.29 is 13.2 Å². The van der Waals surface area contributed by atoms with E-state index >= 15 is 0 Å². The van der Waals surface area contributed by atoms with Crippen LogP contribution in [-0.2, 0) is 9.84 Å². The molecule has 23 heavy (non-hydrogen) atoms. The summed E-state index contributed by atoms with van der Waals surface area (Å²) in [6.07, 6.45) is 4.57. The van der Waals surface area contributed by atoms with Crippen LogP contribution in [0.4, 0.5) is 5.69 Å². The van der Waals surface area contributed by atoms with Crippen molar-refractivity contribution in [3.05, 3.63) is 24.0 Å². The molecular weight excluding hydrogens is 314 g/mol. The highest BCUT2D eigenvalue weighted by Gasteiger charge is 2.29. The van der Waals surface area contributed by atoms with Crippen LogP contribution >= 0.6 is 0 Å². The van der Waals surface area contributed by atoms with Crippen molar-refractivity contribution in [1.82, 2.24) is 10.3 Å². The molecule has 1 N–H and O–H groups in total. The summed E-state index contributed by atoms with van der Waals surface area (Å²) in [4.78, 5) is 18.7. The third kappa shape index (κ3) is 4.02. The lowest BCUT2D eigenvalue weighted by atomic mass is 9.99. The number of hydrogen-bond acceptors (Lipinski definition) is 5. The second-order valence-electron chi connectivity index (χ2n) is 6.64. The maximum Gasteiger partial charge on any atom is 0.270 e. The lowest BCUT2D eigenvalue weighted by Gasteiger charge is -2.31. The van der Waals surface area contributed by atoms with E-state index in [0.29, 0.717) is 12.1 Å². The zero-order valence-electron chi connectivity index (χ0n) is 13.4. The number of carbonyl (C=O) groups is 1. The van der Waals surface area contributed by atoms with Gasteiger partial charge in [-0.2, -0.15) is 0 Å². The van der Waals surface area contributed by atoms with Crippen molar-refractivity contribution >= 4 is 21.4 Å². The molecular formula is C16H23N3O3S. The third-order valence-electron chi connectivity index (χ3n) is 4.70. The molecule has 2 fully saturated rings. The predicted octanol–water partition coefficient (Wildman–Crippen LogP) is 1.23. The lowest BCUT2D eigenvalue weighted by Crippen LogP contribution is -2.36. The van der Waals surface area contributed by atoms with Crippen LogP contribution in [0, 0.1) is 5.92 Å². The Morgan fingerprint density at radius 2 is 2.00 bits per heavy atom. The molecule has 1 atom stereocenters. The molecule has 0 spiro atoms. The van der Waals surface area contributed by atoms with Crippen LogP contribution in [0.1, 0.15) is 36.7 Å². The number of piperidine rings is 1. The summed E-state index contributed by atoms with van der Waals surface area (Å²) in [6, 6.07) is 3.34. The Labute approximate surface area is 137 Å². The molecule has 0 aliphatic carbocycles. The molecule has 2 aliphatic heterocycles. The monoisotopic (exact) mass is 337 g/mol. The van der Waals surface area contributed by atoms with Crippen LogP contribution in [0.15, 0.2) is 18.3 Å². The van der Waals surface area contributed by atoms with Gasteiger partial charge in [0.1, 0.15) is 5.69 Å². The summed E-state index contributed by atoms with van der Waals surface area (Å²) in [5.74, 6) is 0.651. The number of nitrogens with one attached hydrogen (secondary N) is 1. The minimum Gasteiger partial charge on any atom is -0.370 e. The number of aromatic nitrogens is 1.